The van der Waals surface area contributed by atoms with E-state index in [4.69, 9.17) is 12.3 Å². The summed E-state index contributed by atoms with van der Waals surface area (Å²) in [6, 6.07) is 6.33. The van der Waals surface area contributed by atoms with Crippen LogP contribution >= 0.6 is 0 Å². The van der Waals surface area contributed by atoms with Crippen molar-refractivity contribution < 1.29 is 22.7 Å². The van der Waals surface area contributed by atoms with Crippen LogP contribution in [0.4, 0.5) is 13.2 Å². The van der Waals surface area contributed by atoms with Gasteiger partial charge in [-0.3, -0.25) is 4.98 Å². The maximum atomic E-state index is 13.0. The second-order valence-corrected chi connectivity index (χ2v) is 4.71. The molecular weight excluding hydrogens is 308 g/mol. The number of pyridine rings is 1. The molecule has 0 aliphatic rings. The molecule has 4 nitrogen and oxygen atoms in total. The van der Waals surface area contributed by atoms with Crippen LogP contribution in [0.5, 0.6) is 5.75 Å². The SMILES string of the molecule is [B]c1ccc(O)c(-c2nc(-c3ncccc3C(F)(F)F)co2)c1. The fourth-order valence-corrected chi connectivity index (χ4v) is 2.07. The highest BCUT2D eigenvalue weighted by Gasteiger charge is 2.35. The number of phenols is 1. The predicted molar refractivity (Wildman–Crippen MR) is 77.2 cm³/mol. The molecule has 0 atom stereocenters. The molecular formula is C15H8BF3N2O2. The third kappa shape index (κ3) is 2.92. The molecule has 2 heterocycles. The van der Waals surface area contributed by atoms with Gasteiger partial charge in [-0.25, -0.2) is 4.98 Å². The lowest BCUT2D eigenvalue weighted by Gasteiger charge is -2.09. The minimum absolute atomic E-state index is 0.0522. The van der Waals surface area contributed by atoms with Gasteiger partial charge in [0.25, 0.3) is 0 Å². The molecule has 0 unspecified atom stereocenters. The first-order valence-electron chi connectivity index (χ1n) is 6.43. The monoisotopic (exact) mass is 316 g/mol. The van der Waals surface area contributed by atoms with Crippen molar-refractivity contribution in [2.24, 2.45) is 0 Å². The average Bonchev–Trinajstić information content (AvgIpc) is 2.98. The fraction of sp³-hybridized carbons (Fsp3) is 0.0667. The second kappa shape index (κ2) is 5.46. The van der Waals surface area contributed by atoms with Crippen LogP contribution in [0.2, 0.25) is 0 Å². The lowest BCUT2D eigenvalue weighted by atomic mass is 9.94. The molecule has 8 heteroatoms. The van der Waals surface area contributed by atoms with E-state index in [0.29, 0.717) is 5.46 Å². The number of oxazole rings is 1. The maximum Gasteiger partial charge on any atom is 0.418 e. The van der Waals surface area contributed by atoms with Crippen LogP contribution in [0, 0.1) is 0 Å². The first kappa shape index (κ1) is 15.1. The van der Waals surface area contributed by atoms with Crippen LogP contribution in [0.3, 0.4) is 0 Å². The molecule has 3 aromatic rings. The highest BCUT2D eigenvalue weighted by molar-refractivity contribution is 6.32. The average molecular weight is 316 g/mol. The molecule has 0 bridgehead atoms. The zero-order valence-electron chi connectivity index (χ0n) is 11.5. The van der Waals surface area contributed by atoms with Crippen LogP contribution in [0.1, 0.15) is 5.56 Å². The number of nitrogens with zero attached hydrogens (tertiary/aromatic N) is 2. The van der Waals surface area contributed by atoms with Crippen molar-refractivity contribution in [1.29, 1.82) is 0 Å². The number of alkyl halides is 3. The van der Waals surface area contributed by atoms with Gasteiger partial charge in [0.1, 0.15) is 31.2 Å². The number of benzene rings is 1. The van der Waals surface area contributed by atoms with Gasteiger partial charge in [-0.15, -0.1) is 0 Å². The molecule has 0 saturated heterocycles. The van der Waals surface area contributed by atoms with Crippen molar-refractivity contribution in [2.45, 2.75) is 6.18 Å². The van der Waals surface area contributed by atoms with Gasteiger partial charge < -0.3 is 9.52 Å². The number of rotatable bonds is 2. The van der Waals surface area contributed by atoms with Crippen molar-refractivity contribution in [3.63, 3.8) is 0 Å². The molecule has 23 heavy (non-hydrogen) atoms. The van der Waals surface area contributed by atoms with Crippen LogP contribution in [0.25, 0.3) is 22.8 Å². The van der Waals surface area contributed by atoms with Gasteiger partial charge in [0.15, 0.2) is 0 Å². The quantitative estimate of drug-likeness (QED) is 0.739. The largest absolute Gasteiger partial charge is 0.507 e. The minimum atomic E-state index is -4.57. The Morgan fingerprint density at radius 1 is 1.17 bits per heavy atom. The van der Waals surface area contributed by atoms with Gasteiger partial charge >= 0.3 is 6.18 Å². The molecule has 2 aromatic heterocycles. The van der Waals surface area contributed by atoms with E-state index in [-0.39, 0.29) is 28.6 Å². The van der Waals surface area contributed by atoms with E-state index in [9.17, 15) is 18.3 Å². The Hall–Kier alpha value is -2.77. The highest BCUT2D eigenvalue weighted by Crippen LogP contribution is 2.36. The Bertz CT molecular complexity index is 862. The Balaban J connectivity index is 2.09. The van der Waals surface area contributed by atoms with Crippen LogP contribution in [-0.4, -0.2) is 22.9 Å². The number of aromatic nitrogens is 2. The lowest BCUT2D eigenvalue weighted by molar-refractivity contribution is -0.137. The molecule has 0 saturated carbocycles. The summed E-state index contributed by atoms with van der Waals surface area (Å²) in [5.74, 6) is -0.201. The van der Waals surface area contributed by atoms with E-state index < -0.39 is 11.7 Å². The van der Waals surface area contributed by atoms with E-state index in [1.54, 1.807) is 0 Å². The number of hydrogen-bond donors (Lipinski definition) is 1. The van der Waals surface area contributed by atoms with E-state index in [1.165, 1.54) is 30.5 Å². The highest BCUT2D eigenvalue weighted by atomic mass is 19.4. The summed E-state index contributed by atoms with van der Waals surface area (Å²) in [4.78, 5) is 7.71. The molecule has 0 fully saturated rings. The van der Waals surface area contributed by atoms with Gasteiger partial charge in [0.2, 0.25) is 5.89 Å². The standard InChI is InChI=1S/C15H8BF3N2O2/c16-8-3-4-12(22)9(6-8)14-21-11(7-23-14)13-10(15(17,18)19)2-1-5-20-13/h1-7,22H. The van der Waals surface area contributed by atoms with E-state index in [1.807, 2.05) is 0 Å². The van der Waals surface area contributed by atoms with E-state index in [2.05, 4.69) is 9.97 Å². The van der Waals surface area contributed by atoms with Crippen LogP contribution in [0.15, 0.2) is 47.2 Å². The molecule has 0 spiro atoms. The van der Waals surface area contributed by atoms with Gasteiger partial charge in [0, 0.05) is 6.20 Å². The molecule has 0 amide bonds. The van der Waals surface area contributed by atoms with Crippen molar-refractivity contribution >= 4 is 13.3 Å². The predicted octanol–water partition coefficient (Wildman–Crippen LogP) is 2.92. The molecule has 0 aliphatic heterocycles. The fourth-order valence-electron chi connectivity index (χ4n) is 2.07. The number of aromatic hydroxyl groups is 1. The summed E-state index contributed by atoms with van der Waals surface area (Å²) in [6.07, 6.45) is -2.28. The summed E-state index contributed by atoms with van der Waals surface area (Å²) < 4.78 is 44.3. The van der Waals surface area contributed by atoms with Crippen molar-refractivity contribution in [1.82, 2.24) is 9.97 Å². The molecule has 1 N–H and O–H groups in total. The Kier molecular flexibility index (Phi) is 3.59. The molecule has 1 aromatic carbocycles. The van der Waals surface area contributed by atoms with Gasteiger partial charge in [-0.1, -0.05) is 17.6 Å². The number of halogens is 3. The van der Waals surface area contributed by atoms with E-state index in [0.717, 1.165) is 12.3 Å². The smallest absolute Gasteiger partial charge is 0.418 e. The normalized spacial score (nSPS) is 11.6. The Morgan fingerprint density at radius 2 is 1.96 bits per heavy atom. The first-order valence-corrected chi connectivity index (χ1v) is 6.43. The van der Waals surface area contributed by atoms with E-state index >= 15 is 0 Å². The summed E-state index contributed by atoms with van der Waals surface area (Å²) >= 11 is 0. The zero-order valence-corrected chi connectivity index (χ0v) is 11.5. The molecule has 114 valence electrons. The molecule has 2 radical (unpaired) electrons. The lowest BCUT2D eigenvalue weighted by Crippen LogP contribution is -2.08. The first-order chi connectivity index (χ1) is 10.9. The molecule has 0 aliphatic carbocycles. The molecule has 3 rings (SSSR count). The van der Waals surface area contributed by atoms with Crippen LogP contribution in [-0.2, 0) is 6.18 Å². The van der Waals surface area contributed by atoms with Crippen molar-refractivity contribution in [3.8, 4) is 28.6 Å². The van der Waals surface area contributed by atoms with Crippen molar-refractivity contribution in [2.75, 3.05) is 0 Å². The minimum Gasteiger partial charge on any atom is -0.507 e. The second-order valence-electron chi connectivity index (χ2n) is 4.71. The third-order valence-corrected chi connectivity index (χ3v) is 3.11. The number of phenolic OH excluding ortho intramolecular Hbond substituents is 1. The van der Waals surface area contributed by atoms with Gasteiger partial charge in [-0.2, -0.15) is 13.2 Å². The summed E-state index contributed by atoms with van der Waals surface area (Å²) in [5, 5.41) is 9.80. The van der Waals surface area contributed by atoms with Gasteiger partial charge in [0.05, 0.1) is 11.1 Å². The topological polar surface area (TPSA) is 59.2 Å². The number of hydrogen-bond acceptors (Lipinski definition) is 4. The maximum absolute atomic E-state index is 13.0. The Labute approximate surface area is 130 Å². The summed E-state index contributed by atoms with van der Waals surface area (Å²) in [6.45, 7) is 0. The zero-order chi connectivity index (χ0) is 16.6. The van der Waals surface area contributed by atoms with Crippen LogP contribution < -0.4 is 5.46 Å². The summed E-state index contributed by atoms with van der Waals surface area (Å²) in [5.41, 5.74) is -0.822. The van der Waals surface area contributed by atoms with Crippen molar-refractivity contribution in [3.05, 3.63) is 48.4 Å². The third-order valence-electron chi connectivity index (χ3n) is 3.11. The van der Waals surface area contributed by atoms with Gasteiger partial charge in [-0.05, 0) is 18.2 Å². The summed E-state index contributed by atoms with van der Waals surface area (Å²) in [7, 11) is 5.62. The Morgan fingerprint density at radius 3 is 2.70 bits per heavy atom.